The number of rotatable bonds is 10. The molecule has 10 heteroatoms. The summed E-state index contributed by atoms with van der Waals surface area (Å²) in [5.41, 5.74) is 1.26. The lowest BCUT2D eigenvalue weighted by Crippen LogP contribution is -2.29. The van der Waals surface area contributed by atoms with Crippen molar-refractivity contribution in [2.75, 3.05) is 21.3 Å². The Bertz CT molecular complexity index is 1230. The third-order valence-electron chi connectivity index (χ3n) is 6.58. The number of methoxy groups -OCH3 is 3. The van der Waals surface area contributed by atoms with Gasteiger partial charge in [-0.15, -0.1) is 11.3 Å². The number of fused-ring (bicyclic) bond motifs is 1. The van der Waals surface area contributed by atoms with E-state index in [-0.39, 0.29) is 34.1 Å². The van der Waals surface area contributed by atoms with Gasteiger partial charge >= 0.3 is 5.97 Å². The molecular weight excluding hydrogens is 489 g/mol. The van der Waals surface area contributed by atoms with Crippen molar-refractivity contribution in [1.29, 1.82) is 0 Å². The Morgan fingerprint density at radius 2 is 1.72 bits per heavy atom. The van der Waals surface area contributed by atoms with Gasteiger partial charge in [0.25, 0.3) is 0 Å². The molecule has 1 aromatic heterocycles. The Labute approximate surface area is 212 Å². The van der Waals surface area contributed by atoms with Gasteiger partial charge in [-0.2, -0.15) is 0 Å². The topological polar surface area (TPSA) is 107 Å². The lowest BCUT2D eigenvalue weighted by Gasteiger charge is -2.27. The molecule has 2 N–H and O–H groups in total. The third kappa shape index (κ3) is 5.11. The SMILES string of the molecule is COc1cc(C(O)C(Cc2nc3c(C(=O)O)cc(OC)c(F)c3s2)OC2CCCC2)cc(OC)c1C. The molecule has 2 atom stereocenters. The molecule has 1 heterocycles. The first kappa shape index (κ1) is 26.1. The van der Waals surface area contributed by atoms with Gasteiger partial charge in [0.05, 0.1) is 54.3 Å². The van der Waals surface area contributed by atoms with Crippen molar-refractivity contribution in [1.82, 2.24) is 4.98 Å². The van der Waals surface area contributed by atoms with Crippen molar-refractivity contribution in [2.45, 2.75) is 57.3 Å². The van der Waals surface area contributed by atoms with Crippen molar-refractivity contribution in [3.63, 3.8) is 0 Å². The van der Waals surface area contributed by atoms with Crippen LogP contribution in [0.4, 0.5) is 4.39 Å². The number of aromatic nitrogens is 1. The monoisotopic (exact) mass is 519 g/mol. The number of hydrogen-bond donors (Lipinski definition) is 2. The highest BCUT2D eigenvalue weighted by Crippen LogP contribution is 2.38. The number of aliphatic hydroxyl groups excluding tert-OH is 1. The average molecular weight is 520 g/mol. The number of thiazole rings is 1. The highest BCUT2D eigenvalue weighted by Gasteiger charge is 2.30. The standard InChI is InChI=1S/C26H30FNO7S/c1-13-17(32-2)9-14(10-18(13)33-3)24(29)20(35-15-7-5-6-8-15)12-21-28-23-16(26(30)31)11-19(34-4)22(27)25(23)36-21/h9-11,15,20,24,29H,5-8,12H2,1-4H3,(H,30,31). The van der Waals surface area contributed by atoms with E-state index in [9.17, 15) is 19.4 Å². The highest BCUT2D eigenvalue weighted by atomic mass is 32.1. The number of hydrogen-bond acceptors (Lipinski definition) is 8. The molecule has 3 aromatic rings. The van der Waals surface area contributed by atoms with Gasteiger partial charge in [0.1, 0.15) is 17.6 Å². The Kier molecular flexibility index (Phi) is 7.97. The van der Waals surface area contributed by atoms with Crippen LogP contribution in [0, 0.1) is 12.7 Å². The van der Waals surface area contributed by atoms with Crippen LogP contribution in [0.25, 0.3) is 10.2 Å². The molecule has 1 aliphatic carbocycles. The van der Waals surface area contributed by atoms with Crippen LogP contribution in [0.1, 0.15) is 58.3 Å². The van der Waals surface area contributed by atoms with Crippen LogP contribution in [0.3, 0.4) is 0 Å². The molecule has 0 saturated heterocycles. The Morgan fingerprint density at radius 1 is 1.11 bits per heavy atom. The molecule has 1 aliphatic rings. The first-order chi connectivity index (χ1) is 17.3. The first-order valence-corrected chi connectivity index (χ1v) is 12.5. The number of aliphatic hydroxyl groups is 1. The van der Waals surface area contributed by atoms with Gasteiger partial charge in [-0.1, -0.05) is 12.8 Å². The number of halogens is 1. The van der Waals surface area contributed by atoms with Crippen molar-refractivity contribution in [3.8, 4) is 17.2 Å². The van der Waals surface area contributed by atoms with Crippen molar-refractivity contribution >= 4 is 27.5 Å². The fourth-order valence-electron chi connectivity index (χ4n) is 4.64. The largest absolute Gasteiger partial charge is 0.496 e. The summed E-state index contributed by atoms with van der Waals surface area (Å²) < 4.78 is 37.4. The molecule has 0 aliphatic heterocycles. The van der Waals surface area contributed by atoms with Crippen LogP contribution in [0.5, 0.6) is 17.2 Å². The normalized spacial score (nSPS) is 15.7. The minimum atomic E-state index is -1.23. The van der Waals surface area contributed by atoms with E-state index in [4.69, 9.17) is 18.9 Å². The Hall–Kier alpha value is -2.95. The molecule has 194 valence electrons. The predicted octanol–water partition coefficient (Wildman–Crippen LogP) is 5.07. The smallest absolute Gasteiger partial charge is 0.338 e. The number of benzene rings is 2. The van der Waals surface area contributed by atoms with Gasteiger partial charge in [0.15, 0.2) is 11.6 Å². The van der Waals surface area contributed by atoms with Gasteiger partial charge in [-0.05, 0) is 43.5 Å². The number of ether oxygens (including phenoxy) is 4. The summed E-state index contributed by atoms with van der Waals surface area (Å²) >= 11 is 1.03. The van der Waals surface area contributed by atoms with Crippen molar-refractivity contribution < 1.29 is 38.3 Å². The summed E-state index contributed by atoms with van der Waals surface area (Å²) in [5.74, 6) is -0.907. The summed E-state index contributed by atoms with van der Waals surface area (Å²) in [6, 6.07) is 4.63. The van der Waals surface area contributed by atoms with Gasteiger partial charge < -0.3 is 29.2 Å². The molecule has 0 radical (unpaired) electrons. The fourth-order valence-corrected chi connectivity index (χ4v) is 5.70. The Balaban J connectivity index is 1.73. The maximum atomic E-state index is 15.0. The molecule has 4 rings (SSSR count). The average Bonchev–Trinajstić information content (AvgIpc) is 3.53. The van der Waals surface area contributed by atoms with E-state index >= 15 is 0 Å². The van der Waals surface area contributed by atoms with Gasteiger partial charge in [0, 0.05) is 12.0 Å². The van der Waals surface area contributed by atoms with E-state index in [0.29, 0.717) is 22.1 Å². The van der Waals surface area contributed by atoms with E-state index in [2.05, 4.69) is 4.98 Å². The Morgan fingerprint density at radius 3 is 2.28 bits per heavy atom. The number of carbonyl (C=O) groups is 1. The molecule has 0 spiro atoms. The number of aromatic carboxylic acids is 1. The van der Waals surface area contributed by atoms with Gasteiger partial charge in [-0.25, -0.2) is 14.2 Å². The second-order valence-corrected chi connectivity index (χ2v) is 9.89. The van der Waals surface area contributed by atoms with Gasteiger partial charge in [-0.3, -0.25) is 0 Å². The van der Waals surface area contributed by atoms with Crippen LogP contribution in [-0.4, -0.2) is 54.7 Å². The lowest BCUT2D eigenvalue weighted by atomic mass is 9.99. The minimum Gasteiger partial charge on any atom is -0.496 e. The van der Waals surface area contributed by atoms with Crippen LogP contribution in [-0.2, 0) is 11.2 Å². The van der Waals surface area contributed by atoms with Crippen molar-refractivity contribution in [2.24, 2.45) is 0 Å². The third-order valence-corrected chi connectivity index (χ3v) is 7.65. The zero-order chi connectivity index (χ0) is 26.0. The summed E-state index contributed by atoms with van der Waals surface area (Å²) in [6.45, 7) is 1.87. The minimum absolute atomic E-state index is 0.0142. The summed E-state index contributed by atoms with van der Waals surface area (Å²) in [5, 5.41) is 21.5. The molecular formula is C26H30FNO7S. The molecule has 1 saturated carbocycles. The van der Waals surface area contributed by atoms with Crippen LogP contribution >= 0.6 is 11.3 Å². The maximum absolute atomic E-state index is 15.0. The first-order valence-electron chi connectivity index (χ1n) is 11.7. The zero-order valence-electron chi connectivity index (χ0n) is 20.7. The highest BCUT2D eigenvalue weighted by molar-refractivity contribution is 7.18. The second-order valence-electron chi connectivity index (χ2n) is 8.81. The molecule has 0 bridgehead atoms. The summed E-state index contributed by atoms with van der Waals surface area (Å²) in [4.78, 5) is 16.2. The molecule has 1 fully saturated rings. The number of nitrogens with zero attached hydrogens (tertiary/aromatic N) is 1. The zero-order valence-corrected chi connectivity index (χ0v) is 21.5. The quantitative estimate of drug-likeness (QED) is 0.382. The summed E-state index contributed by atoms with van der Waals surface area (Å²) in [7, 11) is 4.38. The molecule has 2 aromatic carbocycles. The molecule has 0 amide bonds. The van der Waals surface area contributed by atoms with E-state index in [1.54, 1.807) is 26.4 Å². The van der Waals surface area contributed by atoms with Crippen LogP contribution in [0.2, 0.25) is 0 Å². The maximum Gasteiger partial charge on any atom is 0.338 e. The van der Waals surface area contributed by atoms with Crippen LogP contribution in [0.15, 0.2) is 18.2 Å². The van der Waals surface area contributed by atoms with E-state index in [1.165, 1.54) is 7.11 Å². The number of carboxylic acids is 1. The van der Waals surface area contributed by atoms with E-state index < -0.39 is 24.0 Å². The van der Waals surface area contributed by atoms with Gasteiger partial charge in [0.2, 0.25) is 0 Å². The fraction of sp³-hybridized carbons (Fsp3) is 0.462. The molecule has 8 nitrogen and oxygen atoms in total. The lowest BCUT2D eigenvalue weighted by molar-refractivity contribution is -0.0753. The van der Waals surface area contributed by atoms with E-state index in [0.717, 1.165) is 48.6 Å². The predicted molar refractivity (Wildman–Crippen MR) is 133 cm³/mol. The van der Waals surface area contributed by atoms with E-state index in [1.807, 2.05) is 6.92 Å². The molecule has 36 heavy (non-hydrogen) atoms. The second kappa shape index (κ2) is 11.0. The van der Waals surface area contributed by atoms with Crippen molar-refractivity contribution in [3.05, 3.63) is 45.7 Å². The summed E-state index contributed by atoms with van der Waals surface area (Å²) in [6.07, 6.45) is 2.26. The number of carboxylic acid groups (broad SMARTS) is 1. The molecule has 2 unspecified atom stereocenters. The van der Waals surface area contributed by atoms with Crippen LogP contribution < -0.4 is 14.2 Å².